The summed E-state index contributed by atoms with van der Waals surface area (Å²) in [4.78, 5) is 0. The number of methoxy groups -OCH3 is 3. The molecule has 0 unspecified atom stereocenters. The fourth-order valence-corrected chi connectivity index (χ4v) is 3.52. The highest BCUT2D eigenvalue weighted by Gasteiger charge is 2.10. The number of nitrogens with two attached hydrogens (primary N) is 3. The Morgan fingerprint density at radius 3 is 1.79 bits per heavy atom. The molecule has 0 spiro atoms. The molecule has 3 aromatic rings. The normalized spacial score (nSPS) is 9.55. The van der Waals surface area contributed by atoms with Gasteiger partial charge in [-0.2, -0.15) is 0 Å². The summed E-state index contributed by atoms with van der Waals surface area (Å²) in [6.45, 7) is 2.52. The minimum atomic E-state index is 0.403. The van der Waals surface area contributed by atoms with Gasteiger partial charge in [0.1, 0.15) is 22.3 Å². The van der Waals surface area contributed by atoms with Gasteiger partial charge in [0.15, 0.2) is 5.75 Å². The first kappa shape index (κ1) is 28.4. The second-order valence-corrected chi connectivity index (χ2v) is 7.86. The number of rotatable bonds is 5. The Bertz CT molecular complexity index is 1040. The Morgan fingerprint density at radius 2 is 1.30 bits per heavy atom. The Hall–Kier alpha value is -2.68. The van der Waals surface area contributed by atoms with Crippen LogP contribution in [-0.4, -0.2) is 27.9 Å². The molecule has 0 aliphatic rings. The molecule has 0 saturated carbocycles. The first-order chi connectivity index (χ1) is 15.7. The molecule has 0 fully saturated rings. The summed E-state index contributed by atoms with van der Waals surface area (Å²) < 4.78 is 21.0. The molecular weight excluding hydrogens is 533 g/mol. The van der Waals surface area contributed by atoms with E-state index in [1.54, 1.807) is 49.6 Å². The van der Waals surface area contributed by atoms with Crippen molar-refractivity contribution in [1.82, 2.24) is 0 Å². The van der Waals surface area contributed by atoms with E-state index >= 15 is 0 Å². The summed E-state index contributed by atoms with van der Waals surface area (Å²) in [6.07, 6.45) is 0. The van der Waals surface area contributed by atoms with Crippen molar-refractivity contribution in [3.05, 3.63) is 63.0 Å². The topological polar surface area (TPSA) is 115 Å². The van der Waals surface area contributed by atoms with Gasteiger partial charge < -0.3 is 36.1 Å². The van der Waals surface area contributed by atoms with Crippen molar-refractivity contribution in [1.29, 1.82) is 0 Å². The summed E-state index contributed by atoms with van der Waals surface area (Å²) in [6, 6.07) is 14.0. The third kappa shape index (κ3) is 9.00. The fourth-order valence-electron chi connectivity index (χ4n) is 2.39. The van der Waals surface area contributed by atoms with Crippen LogP contribution < -0.4 is 36.1 Å². The SMILES string of the molecule is CCOc1ccc(N)cc1Cl.COc1ccc(N)c(OC)c1Cl.COc1ccc(N)cc1Br. The molecule has 0 bridgehead atoms. The second kappa shape index (κ2) is 14.5. The smallest absolute Gasteiger partial charge is 0.164 e. The predicted molar refractivity (Wildman–Crippen MR) is 141 cm³/mol. The lowest BCUT2D eigenvalue weighted by Gasteiger charge is -2.09. The van der Waals surface area contributed by atoms with E-state index in [1.165, 1.54) is 14.2 Å². The minimum Gasteiger partial charge on any atom is -0.496 e. The van der Waals surface area contributed by atoms with Crippen LogP contribution in [0.1, 0.15) is 6.92 Å². The van der Waals surface area contributed by atoms with Crippen molar-refractivity contribution in [3.8, 4) is 23.0 Å². The molecule has 3 aromatic carbocycles. The van der Waals surface area contributed by atoms with Crippen LogP contribution in [0.3, 0.4) is 0 Å². The van der Waals surface area contributed by atoms with Crippen molar-refractivity contribution in [2.75, 3.05) is 45.1 Å². The Morgan fingerprint density at radius 1 is 0.758 bits per heavy atom. The molecule has 0 saturated heterocycles. The maximum Gasteiger partial charge on any atom is 0.164 e. The summed E-state index contributed by atoms with van der Waals surface area (Å²) >= 11 is 15.0. The lowest BCUT2D eigenvalue weighted by Crippen LogP contribution is -1.94. The van der Waals surface area contributed by atoms with Gasteiger partial charge in [-0.25, -0.2) is 0 Å². The first-order valence-electron chi connectivity index (χ1n) is 9.61. The van der Waals surface area contributed by atoms with E-state index < -0.39 is 0 Å². The molecule has 3 rings (SSSR count). The third-order valence-electron chi connectivity index (χ3n) is 3.95. The van der Waals surface area contributed by atoms with E-state index in [4.69, 9.17) is 59.4 Å². The van der Waals surface area contributed by atoms with Gasteiger partial charge >= 0.3 is 0 Å². The molecule has 180 valence electrons. The first-order valence-corrected chi connectivity index (χ1v) is 11.2. The maximum absolute atomic E-state index is 5.88. The van der Waals surface area contributed by atoms with E-state index in [0.29, 0.717) is 45.3 Å². The number of halogens is 3. The fraction of sp³-hybridized carbons (Fsp3) is 0.217. The summed E-state index contributed by atoms with van der Waals surface area (Å²) in [7, 11) is 4.67. The van der Waals surface area contributed by atoms with Gasteiger partial charge in [-0.1, -0.05) is 23.2 Å². The van der Waals surface area contributed by atoms with Crippen LogP contribution in [0.2, 0.25) is 10.0 Å². The quantitative estimate of drug-likeness (QED) is 0.313. The van der Waals surface area contributed by atoms with Crippen LogP contribution >= 0.6 is 39.1 Å². The molecule has 0 aliphatic heterocycles. The molecule has 0 amide bonds. The summed E-state index contributed by atoms with van der Waals surface area (Å²) in [5.41, 5.74) is 18.5. The predicted octanol–water partition coefficient (Wildman–Crippen LogP) is 6.30. The average molecular weight is 561 g/mol. The van der Waals surface area contributed by atoms with Gasteiger partial charge in [-0.05, 0) is 71.4 Å². The average Bonchev–Trinajstić information content (AvgIpc) is 2.77. The molecule has 0 heterocycles. The molecule has 6 N–H and O–H groups in total. The van der Waals surface area contributed by atoms with Crippen molar-refractivity contribution in [2.45, 2.75) is 6.92 Å². The van der Waals surface area contributed by atoms with E-state index in [0.717, 1.165) is 15.9 Å². The van der Waals surface area contributed by atoms with Crippen molar-refractivity contribution in [3.63, 3.8) is 0 Å². The van der Waals surface area contributed by atoms with Gasteiger partial charge in [-0.3, -0.25) is 0 Å². The Balaban J connectivity index is 0.000000249. The van der Waals surface area contributed by atoms with Gasteiger partial charge in [0.05, 0.1) is 43.1 Å². The van der Waals surface area contributed by atoms with Crippen LogP contribution in [-0.2, 0) is 0 Å². The van der Waals surface area contributed by atoms with Crippen LogP contribution in [0, 0.1) is 0 Å². The van der Waals surface area contributed by atoms with Crippen LogP contribution in [0.25, 0.3) is 0 Å². The van der Waals surface area contributed by atoms with Crippen molar-refractivity contribution >= 4 is 56.2 Å². The largest absolute Gasteiger partial charge is 0.496 e. The zero-order valence-corrected chi connectivity index (χ0v) is 21.9. The van der Waals surface area contributed by atoms with Crippen molar-refractivity contribution in [2.24, 2.45) is 0 Å². The van der Waals surface area contributed by atoms with Crippen LogP contribution in [0.5, 0.6) is 23.0 Å². The molecule has 0 aliphatic carbocycles. The monoisotopic (exact) mass is 559 g/mol. The zero-order chi connectivity index (χ0) is 25.0. The van der Waals surface area contributed by atoms with Gasteiger partial charge in [0, 0.05) is 11.4 Å². The van der Waals surface area contributed by atoms with Gasteiger partial charge in [-0.15, -0.1) is 0 Å². The number of hydrogen-bond acceptors (Lipinski definition) is 7. The Labute approximate surface area is 212 Å². The third-order valence-corrected chi connectivity index (χ3v) is 5.22. The highest BCUT2D eigenvalue weighted by atomic mass is 79.9. The molecular formula is C23H28BrCl2N3O4. The molecule has 10 heteroatoms. The standard InChI is InChI=1S/C8H10ClNO2.C8H10ClNO.C7H8BrNO/c1-11-6-4-3-5(10)8(12-2)7(6)9;1-2-11-8-4-3-6(10)5-7(8)9;1-10-7-3-2-5(9)4-6(7)8/h3-4H,10H2,1-2H3;3-5H,2,10H2,1H3;2-4H,9H2,1H3. The lowest BCUT2D eigenvalue weighted by atomic mass is 10.3. The van der Waals surface area contributed by atoms with Gasteiger partial charge in [0.25, 0.3) is 0 Å². The van der Waals surface area contributed by atoms with E-state index in [1.807, 2.05) is 13.0 Å². The minimum absolute atomic E-state index is 0.403. The number of nitrogen functional groups attached to an aromatic ring is 3. The summed E-state index contributed by atoms with van der Waals surface area (Å²) in [5.74, 6) is 2.50. The summed E-state index contributed by atoms with van der Waals surface area (Å²) in [5, 5.41) is 0.965. The number of benzene rings is 3. The highest BCUT2D eigenvalue weighted by Crippen LogP contribution is 2.38. The van der Waals surface area contributed by atoms with E-state index in [9.17, 15) is 0 Å². The van der Waals surface area contributed by atoms with Crippen LogP contribution in [0.4, 0.5) is 17.1 Å². The van der Waals surface area contributed by atoms with Gasteiger partial charge in [0.2, 0.25) is 0 Å². The van der Waals surface area contributed by atoms with E-state index in [2.05, 4.69) is 15.9 Å². The number of anilines is 3. The van der Waals surface area contributed by atoms with E-state index in [-0.39, 0.29) is 0 Å². The zero-order valence-electron chi connectivity index (χ0n) is 18.8. The molecule has 0 atom stereocenters. The van der Waals surface area contributed by atoms with Crippen molar-refractivity contribution < 1.29 is 18.9 Å². The highest BCUT2D eigenvalue weighted by molar-refractivity contribution is 9.10. The Kier molecular flexibility index (Phi) is 12.4. The molecule has 7 nitrogen and oxygen atoms in total. The second-order valence-electron chi connectivity index (χ2n) is 6.22. The van der Waals surface area contributed by atoms with Crippen LogP contribution in [0.15, 0.2) is 53.0 Å². The number of hydrogen-bond donors (Lipinski definition) is 3. The molecule has 0 radical (unpaired) electrons. The lowest BCUT2D eigenvalue weighted by molar-refractivity contribution is 0.340. The molecule has 0 aromatic heterocycles. The maximum atomic E-state index is 5.88. The molecule has 33 heavy (non-hydrogen) atoms. The number of ether oxygens (including phenoxy) is 4.